The molecule has 1 nitrogen and oxygen atoms in total. The molecular weight excluding hydrogens is 189 g/mol. The number of rotatable bonds is 5. The fourth-order valence-electron chi connectivity index (χ4n) is 1.98. The maximum atomic E-state index is 13.6. The lowest BCUT2D eigenvalue weighted by atomic mass is 9.87. The van der Waals surface area contributed by atoms with Gasteiger partial charge in [0, 0.05) is 0 Å². The van der Waals surface area contributed by atoms with Gasteiger partial charge in [0.2, 0.25) is 0 Å². The van der Waals surface area contributed by atoms with Crippen molar-refractivity contribution < 1.29 is 4.39 Å². The molecule has 0 amide bonds. The molecule has 0 spiro atoms. The first-order valence-electron chi connectivity index (χ1n) is 5.59. The van der Waals surface area contributed by atoms with Gasteiger partial charge >= 0.3 is 0 Å². The van der Waals surface area contributed by atoms with Gasteiger partial charge in [-0.2, -0.15) is 0 Å². The topological polar surface area (TPSA) is 26.0 Å². The molecule has 0 aliphatic carbocycles. The van der Waals surface area contributed by atoms with Gasteiger partial charge < -0.3 is 5.73 Å². The summed E-state index contributed by atoms with van der Waals surface area (Å²) in [4.78, 5) is 0. The summed E-state index contributed by atoms with van der Waals surface area (Å²) >= 11 is 0. The second kappa shape index (κ2) is 5.86. The highest BCUT2D eigenvalue weighted by Crippen LogP contribution is 2.28. The molecule has 1 unspecified atom stereocenters. The average Bonchev–Trinajstić information content (AvgIpc) is 2.17. The Bertz CT molecular complexity index is 296. The summed E-state index contributed by atoms with van der Waals surface area (Å²) in [5.74, 6) is 0.731. The lowest BCUT2D eigenvalue weighted by Gasteiger charge is -2.19. The standard InChI is InChI=1S/C13H20FN/c1-10(2)9-11(7-8-15)12-5-3-4-6-13(12)14/h3-6,10-11H,7-9,15H2,1-2H3. The molecule has 2 N–H and O–H groups in total. The van der Waals surface area contributed by atoms with Crippen molar-refractivity contribution in [1.82, 2.24) is 0 Å². The first-order valence-corrected chi connectivity index (χ1v) is 5.59. The molecule has 0 aliphatic rings. The second-order valence-electron chi connectivity index (χ2n) is 4.43. The predicted octanol–water partition coefficient (Wildman–Crippen LogP) is 3.30. The molecule has 0 saturated carbocycles. The van der Waals surface area contributed by atoms with E-state index in [9.17, 15) is 4.39 Å². The van der Waals surface area contributed by atoms with Crippen molar-refractivity contribution >= 4 is 0 Å². The molecule has 84 valence electrons. The lowest BCUT2D eigenvalue weighted by molar-refractivity contribution is 0.462. The van der Waals surface area contributed by atoms with E-state index in [-0.39, 0.29) is 11.7 Å². The van der Waals surface area contributed by atoms with Crippen LogP contribution in [0.25, 0.3) is 0 Å². The van der Waals surface area contributed by atoms with E-state index in [1.54, 1.807) is 6.07 Å². The molecule has 0 radical (unpaired) electrons. The Balaban J connectivity index is 2.83. The van der Waals surface area contributed by atoms with Gasteiger partial charge in [0.15, 0.2) is 0 Å². The van der Waals surface area contributed by atoms with E-state index in [0.29, 0.717) is 12.5 Å². The van der Waals surface area contributed by atoms with Gasteiger partial charge in [-0.25, -0.2) is 4.39 Å². The molecule has 1 atom stereocenters. The monoisotopic (exact) mass is 209 g/mol. The zero-order valence-electron chi connectivity index (χ0n) is 9.54. The Morgan fingerprint density at radius 2 is 1.93 bits per heavy atom. The van der Waals surface area contributed by atoms with Crippen LogP contribution in [-0.2, 0) is 0 Å². The minimum Gasteiger partial charge on any atom is -0.330 e. The van der Waals surface area contributed by atoms with Crippen LogP contribution in [0.1, 0.15) is 38.2 Å². The van der Waals surface area contributed by atoms with E-state index in [0.717, 1.165) is 18.4 Å². The average molecular weight is 209 g/mol. The number of hydrogen-bond acceptors (Lipinski definition) is 1. The van der Waals surface area contributed by atoms with Gasteiger partial charge in [-0.05, 0) is 42.9 Å². The largest absolute Gasteiger partial charge is 0.330 e. The molecule has 0 aromatic heterocycles. The number of benzene rings is 1. The van der Waals surface area contributed by atoms with Crippen LogP contribution >= 0.6 is 0 Å². The molecule has 15 heavy (non-hydrogen) atoms. The lowest BCUT2D eigenvalue weighted by Crippen LogP contribution is -2.11. The molecule has 1 rings (SSSR count). The first-order chi connectivity index (χ1) is 7.15. The number of halogens is 1. The Kier molecular flexibility index (Phi) is 4.76. The van der Waals surface area contributed by atoms with Gasteiger partial charge in [-0.15, -0.1) is 0 Å². The van der Waals surface area contributed by atoms with E-state index < -0.39 is 0 Å². The fourth-order valence-corrected chi connectivity index (χ4v) is 1.98. The summed E-state index contributed by atoms with van der Waals surface area (Å²) in [7, 11) is 0. The zero-order chi connectivity index (χ0) is 11.3. The van der Waals surface area contributed by atoms with Crippen LogP contribution in [0.15, 0.2) is 24.3 Å². The molecule has 2 heteroatoms. The highest BCUT2D eigenvalue weighted by molar-refractivity contribution is 5.21. The first kappa shape index (κ1) is 12.2. The van der Waals surface area contributed by atoms with Crippen LogP contribution in [0.2, 0.25) is 0 Å². The van der Waals surface area contributed by atoms with E-state index in [1.165, 1.54) is 6.07 Å². The zero-order valence-corrected chi connectivity index (χ0v) is 9.54. The normalized spacial score (nSPS) is 13.1. The van der Waals surface area contributed by atoms with E-state index in [2.05, 4.69) is 13.8 Å². The third-order valence-electron chi connectivity index (χ3n) is 2.62. The Morgan fingerprint density at radius 1 is 1.27 bits per heavy atom. The van der Waals surface area contributed by atoms with Gasteiger partial charge in [0.1, 0.15) is 5.82 Å². The van der Waals surface area contributed by atoms with Crippen molar-refractivity contribution in [2.45, 2.75) is 32.6 Å². The van der Waals surface area contributed by atoms with E-state index in [4.69, 9.17) is 5.73 Å². The molecule has 1 aromatic carbocycles. The second-order valence-corrected chi connectivity index (χ2v) is 4.43. The Labute approximate surface area is 91.5 Å². The van der Waals surface area contributed by atoms with Crippen molar-refractivity contribution in [2.75, 3.05) is 6.54 Å². The van der Waals surface area contributed by atoms with Gasteiger partial charge in [-0.1, -0.05) is 32.0 Å². The third kappa shape index (κ3) is 3.63. The Hall–Kier alpha value is -0.890. The molecule has 0 saturated heterocycles. The minimum absolute atomic E-state index is 0.100. The number of hydrogen-bond donors (Lipinski definition) is 1. The molecule has 0 aliphatic heterocycles. The fraction of sp³-hybridized carbons (Fsp3) is 0.538. The smallest absolute Gasteiger partial charge is 0.126 e. The highest BCUT2D eigenvalue weighted by atomic mass is 19.1. The van der Waals surface area contributed by atoms with Gasteiger partial charge in [0.25, 0.3) is 0 Å². The van der Waals surface area contributed by atoms with Crippen LogP contribution in [0.3, 0.4) is 0 Å². The summed E-state index contributed by atoms with van der Waals surface area (Å²) in [5, 5.41) is 0. The van der Waals surface area contributed by atoms with Crippen LogP contribution in [0, 0.1) is 11.7 Å². The summed E-state index contributed by atoms with van der Waals surface area (Å²) in [5.41, 5.74) is 6.39. The highest BCUT2D eigenvalue weighted by Gasteiger charge is 2.15. The maximum absolute atomic E-state index is 13.6. The van der Waals surface area contributed by atoms with Crippen molar-refractivity contribution in [1.29, 1.82) is 0 Å². The minimum atomic E-state index is -0.100. The van der Waals surface area contributed by atoms with Crippen molar-refractivity contribution in [3.05, 3.63) is 35.6 Å². The van der Waals surface area contributed by atoms with E-state index >= 15 is 0 Å². The summed E-state index contributed by atoms with van der Waals surface area (Å²) in [6.07, 6.45) is 1.86. The van der Waals surface area contributed by atoms with Gasteiger partial charge in [0.05, 0.1) is 0 Å². The summed E-state index contributed by atoms with van der Waals surface area (Å²) in [6.45, 7) is 4.93. The molecule has 0 bridgehead atoms. The quantitative estimate of drug-likeness (QED) is 0.791. The molecular formula is C13H20FN. The van der Waals surface area contributed by atoms with Crippen molar-refractivity contribution in [3.8, 4) is 0 Å². The van der Waals surface area contributed by atoms with Crippen LogP contribution in [0.5, 0.6) is 0 Å². The summed E-state index contributed by atoms with van der Waals surface area (Å²) < 4.78 is 13.6. The molecule has 1 aromatic rings. The van der Waals surface area contributed by atoms with Crippen molar-refractivity contribution in [2.24, 2.45) is 11.7 Å². The SMILES string of the molecule is CC(C)CC(CCN)c1ccccc1F. The van der Waals surface area contributed by atoms with E-state index in [1.807, 2.05) is 12.1 Å². The van der Waals surface area contributed by atoms with Crippen molar-refractivity contribution in [3.63, 3.8) is 0 Å². The maximum Gasteiger partial charge on any atom is 0.126 e. The van der Waals surface area contributed by atoms with Gasteiger partial charge in [-0.3, -0.25) is 0 Å². The van der Waals surface area contributed by atoms with Crippen LogP contribution < -0.4 is 5.73 Å². The van der Waals surface area contributed by atoms with Crippen LogP contribution in [-0.4, -0.2) is 6.54 Å². The molecule has 0 fully saturated rings. The third-order valence-corrected chi connectivity index (χ3v) is 2.62. The Morgan fingerprint density at radius 3 is 2.47 bits per heavy atom. The molecule has 0 heterocycles. The summed E-state index contributed by atoms with van der Waals surface area (Å²) in [6, 6.07) is 7.02. The van der Waals surface area contributed by atoms with Crippen LogP contribution in [0.4, 0.5) is 4.39 Å². The number of nitrogens with two attached hydrogens (primary N) is 1. The predicted molar refractivity (Wildman–Crippen MR) is 62.3 cm³/mol.